The second-order valence-electron chi connectivity index (χ2n) is 5.80. The van der Waals surface area contributed by atoms with E-state index in [0.717, 1.165) is 4.88 Å². The van der Waals surface area contributed by atoms with Gasteiger partial charge in [0.25, 0.3) is 5.91 Å². The summed E-state index contributed by atoms with van der Waals surface area (Å²) in [7, 11) is 0. The lowest BCUT2D eigenvalue weighted by molar-refractivity contribution is -0.119. The topological polar surface area (TPSA) is 94.8 Å². The molecule has 2 aromatic heterocycles. The Morgan fingerprint density at radius 2 is 1.92 bits per heavy atom. The van der Waals surface area contributed by atoms with Crippen LogP contribution in [0.4, 0.5) is 5.00 Å². The highest BCUT2D eigenvalue weighted by Gasteiger charge is 2.21. The number of hydrogen-bond acceptors (Lipinski definition) is 7. The molecule has 2 aromatic rings. The fourth-order valence-electron chi connectivity index (χ4n) is 2.06. The van der Waals surface area contributed by atoms with E-state index in [1.165, 1.54) is 17.4 Å². The molecule has 0 atom stereocenters. The van der Waals surface area contributed by atoms with Gasteiger partial charge in [0, 0.05) is 4.88 Å². The van der Waals surface area contributed by atoms with E-state index < -0.39 is 24.5 Å². The van der Waals surface area contributed by atoms with Crippen LogP contribution in [0.15, 0.2) is 22.6 Å². The highest BCUT2D eigenvalue weighted by Crippen LogP contribution is 2.33. The molecule has 1 N–H and O–H groups in total. The van der Waals surface area contributed by atoms with Crippen LogP contribution in [-0.4, -0.2) is 31.1 Å². The quantitative estimate of drug-likeness (QED) is 0.736. The van der Waals surface area contributed by atoms with Gasteiger partial charge in [-0.3, -0.25) is 4.79 Å². The molecule has 140 valence electrons. The molecule has 0 unspecified atom stereocenters. The van der Waals surface area contributed by atoms with Gasteiger partial charge in [0.2, 0.25) is 5.76 Å². The van der Waals surface area contributed by atoms with Gasteiger partial charge >= 0.3 is 11.9 Å². The zero-order valence-electron chi connectivity index (χ0n) is 15.1. The number of thiophene rings is 1. The predicted molar refractivity (Wildman–Crippen MR) is 96.7 cm³/mol. The fourth-order valence-corrected chi connectivity index (χ4v) is 3.12. The monoisotopic (exact) mass is 379 g/mol. The molecule has 0 aliphatic carbocycles. The number of aryl methyl sites for hydroxylation is 1. The summed E-state index contributed by atoms with van der Waals surface area (Å²) in [5, 5.41) is 2.98. The third-order valence-electron chi connectivity index (χ3n) is 3.34. The van der Waals surface area contributed by atoms with Crippen molar-refractivity contribution in [2.75, 3.05) is 18.5 Å². The average molecular weight is 379 g/mol. The van der Waals surface area contributed by atoms with Crippen LogP contribution in [0.2, 0.25) is 0 Å². The lowest BCUT2D eigenvalue weighted by Crippen LogP contribution is -2.21. The van der Waals surface area contributed by atoms with E-state index in [1.54, 1.807) is 26.0 Å². The molecule has 2 heterocycles. The Labute approximate surface area is 155 Å². The smallest absolute Gasteiger partial charge is 0.374 e. The second kappa shape index (κ2) is 8.66. The molecule has 2 rings (SSSR count). The molecule has 26 heavy (non-hydrogen) atoms. The minimum atomic E-state index is -0.729. The number of hydrogen-bond donors (Lipinski definition) is 1. The maximum atomic E-state index is 12.1. The first kappa shape index (κ1) is 19.7. The summed E-state index contributed by atoms with van der Waals surface area (Å²) in [5.41, 5.74) is 0.293. The van der Waals surface area contributed by atoms with Crippen LogP contribution in [0.3, 0.4) is 0 Å². The first-order valence-corrected chi connectivity index (χ1v) is 8.97. The minimum Gasteiger partial charge on any atom is -0.462 e. The minimum absolute atomic E-state index is 0.0285. The van der Waals surface area contributed by atoms with Crippen molar-refractivity contribution in [1.82, 2.24) is 0 Å². The zero-order chi connectivity index (χ0) is 19.3. The zero-order valence-corrected chi connectivity index (χ0v) is 15.9. The molecular weight excluding hydrogens is 358 g/mol. The van der Waals surface area contributed by atoms with Gasteiger partial charge in [-0.05, 0) is 38.0 Å². The number of amides is 1. The van der Waals surface area contributed by atoms with Crippen molar-refractivity contribution in [1.29, 1.82) is 0 Å². The average Bonchev–Trinajstić information content (AvgIpc) is 3.19. The molecule has 0 fully saturated rings. The Balaban J connectivity index is 2.03. The highest BCUT2D eigenvalue weighted by atomic mass is 32.1. The van der Waals surface area contributed by atoms with Crippen LogP contribution >= 0.6 is 11.3 Å². The third kappa shape index (κ3) is 4.95. The number of esters is 2. The van der Waals surface area contributed by atoms with E-state index in [9.17, 15) is 14.4 Å². The molecule has 0 radical (unpaired) electrons. The van der Waals surface area contributed by atoms with Gasteiger partial charge in [0.15, 0.2) is 6.61 Å². The van der Waals surface area contributed by atoms with Crippen LogP contribution < -0.4 is 5.32 Å². The Morgan fingerprint density at radius 3 is 2.50 bits per heavy atom. The van der Waals surface area contributed by atoms with Crippen molar-refractivity contribution in [2.24, 2.45) is 0 Å². The summed E-state index contributed by atoms with van der Waals surface area (Å²) in [5.74, 6) is -0.994. The summed E-state index contributed by atoms with van der Waals surface area (Å²) in [6.07, 6.45) is 0. The number of furan rings is 1. The molecule has 0 saturated carbocycles. The Morgan fingerprint density at radius 1 is 1.19 bits per heavy atom. The van der Waals surface area contributed by atoms with E-state index in [0.29, 0.717) is 16.3 Å². The van der Waals surface area contributed by atoms with Crippen LogP contribution in [0, 0.1) is 6.92 Å². The fraction of sp³-hybridized carbons (Fsp3) is 0.389. The molecule has 0 aromatic carbocycles. The maximum absolute atomic E-state index is 12.1. The molecule has 0 spiro atoms. The molecular formula is C18H21NO6S. The van der Waals surface area contributed by atoms with Crippen molar-refractivity contribution < 1.29 is 28.3 Å². The maximum Gasteiger partial charge on any atom is 0.374 e. The van der Waals surface area contributed by atoms with Gasteiger partial charge in [0.1, 0.15) is 10.8 Å². The number of carbonyl (C=O) groups is 3. The molecule has 0 bridgehead atoms. The van der Waals surface area contributed by atoms with E-state index in [4.69, 9.17) is 13.9 Å². The highest BCUT2D eigenvalue weighted by molar-refractivity contribution is 7.16. The van der Waals surface area contributed by atoms with E-state index in [1.807, 2.05) is 13.8 Å². The number of ether oxygens (including phenoxy) is 2. The number of anilines is 1. The van der Waals surface area contributed by atoms with Gasteiger partial charge in [0.05, 0.1) is 12.2 Å². The second-order valence-corrected chi connectivity index (χ2v) is 6.89. The first-order valence-electron chi connectivity index (χ1n) is 8.16. The SMILES string of the molecule is CCOC(=O)c1cc(C(C)C)sc1NC(=O)COC(=O)c1ccc(C)o1. The molecule has 1 amide bonds. The Kier molecular flexibility index (Phi) is 6.57. The van der Waals surface area contributed by atoms with Crippen LogP contribution in [0.1, 0.15) is 58.2 Å². The molecule has 7 nitrogen and oxygen atoms in total. The van der Waals surface area contributed by atoms with Crippen molar-refractivity contribution in [3.8, 4) is 0 Å². The van der Waals surface area contributed by atoms with Crippen molar-refractivity contribution in [3.05, 3.63) is 40.2 Å². The summed E-state index contributed by atoms with van der Waals surface area (Å²) in [6, 6.07) is 4.81. The summed E-state index contributed by atoms with van der Waals surface area (Å²) in [4.78, 5) is 36.9. The lowest BCUT2D eigenvalue weighted by atomic mass is 10.1. The standard InChI is InChI=1S/C18H21NO6S/c1-5-23-17(21)12-8-14(10(2)3)26-16(12)19-15(20)9-24-18(22)13-7-6-11(4)25-13/h6-8,10H,5,9H2,1-4H3,(H,19,20). The largest absolute Gasteiger partial charge is 0.462 e. The van der Waals surface area contributed by atoms with Gasteiger partial charge in [-0.1, -0.05) is 13.8 Å². The van der Waals surface area contributed by atoms with Crippen molar-refractivity contribution >= 4 is 34.2 Å². The lowest BCUT2D eigenvalue weighted by Gasteiger charge is -2.06. The predicted octanol–water partition coefficient (Wildman–Crippen LogP) is 3.75. The molecule has 8 heteroatoms. The van der Waals surface area contributed by atoms with Gasteiger partial charge in [-0.25, -0.2) is 9.59 Å². The number of nitrogens with one attached hydrogen (secondary N) is 1. The van der Waals surface area contributed by atoms with Crippen LogP contribution in [0.25, 0.3) is 0 Å². The Bertz CT molecular complexity index is 804. The van der Waals surface area contributed by atoms with Crippen molar-refractivity contribution in [2.45, 2.75) is 33.6 Å². The van der Waals surface area contributed by atoms with Crippen LogP contribution in [0.5, 0.6) is 0 Å². The normalized spacial score (nSPS) is 10.7. The van der Waals surface area contributed by atoms with Crippen LogP contribution in [-0.2, 0) is 14.3 Å². The summed E-state index contributed by atoms with van der Waals surface area (Å²) >= 11 is 1.29. The molecule has 0 aliphatic rings. The Hall–Kier alpha value is -2.61. The van der Waals surface area contributed by atoms with Gasteiger partial charge in [-0.2, -0.15) is 0 Å². The summed E-state index contributed by atoms with van der Waals surface area (Å²) < 4.78 is 15.1. The third-order valence-corrected chi connectivity index (χ3v) is 4.70. The number of carbonyl (C=O) groups excluding carboxylic acids is 3. The molecule has 0 saturated heterocycles. The number of rotatable bonds is 7. The van der Waals surface area contributed by atoms with Gasteiger partial charge in [-0.15, -0.1) is 11.3 Å². The van der Waals surface area contributed by atoms with Gasteiger partial charge < -0.3 is 19.2 Å². The van der Waals surface area contributed by atoms with Crippen molar-refractivity contribution in [3.63, 3.8) is 0 Å². The van der Waals surface area contributed by atoms with E-state index in [2.05, 4.69) is 5.32 Å². The van der Waals surface area contributed by atoms with E-state index in [-0.39, 0.29) is 18.3 Å². The summed E-state index contributed by atoms with van der Waals surface area (Å²) in [6.45, 7) is 7.12. The van der Waals surface area contributed by atoms with E-state index >= 15 is 0 Å². The first-order chi connectivity index (χ1) is 12.3. The molecule has 0 aliphatic heterocycles.